The Hall–Kier alpha value is -1.12. The first-order chi connectivity index (χ1) is 6.65. The number of Topliss-reactive ketones (excluding diaryl/α,β-unsaturated/α-hetero) is 1. The zero-order valence-corrected chi connectivity index (χ0v) is 8.76. The zero-order valence-electron chi connectivity index (χ0n) is 8.76. The van der Waals surface area contributed by atoms with Crippen molar-refractivity contribution in [3.05, 3.63) is 11.1 Å². The van der Waals surface area contributed by atoms with E-state index in [-0.39, 0.29) is 11.8 Å². The second kappa shape index (κ2) is 4.94. The molecule has 3 heteroatoms. The maximum absolute atomic E-state index is 11.3. The van der Waals surface area contributed by atoms with Gasteiger partial charge in [-0.25, -0.2) is 4.79 Å². The highest BCUT2D eigenvalue weighted by molar-refractivity contribution is 5.91. The molecular formula is C11H16O3. The molecule has 14 heavy (non-hydrogen) atoms. The molecule has 0 atom stereocenters. The highest BCUT2D eigenvalue weighted by atomic mass is 16.5. The van der Waals surface area contributed by atoms with Gasteiger partial charge >= 0.3 is 5.97 Å². The van der Waals surface area contributed by atoms with Crippen LogP contribution in [0.1, 0.15) is 39.5 Å². The molecule has 0 aromatic carbocycles. The first kappa shape index (κ1) is 11.0. The van der Waals surface area contributed by atoms with Crippen LogP contribution in [0.25, 0.3) is 0 Å². The van der Waals surface area contributed by atoms with Crippen LogP contribution in [0.15, 0.2) is 11.1 Å². The minimum atomic E-state index is -0.189. The molecule has 0 amide bonds. The van der Waals surface area contributed by atoms with Gasteiger partial charge < -0.3 is 9.53 Å². The summed E-state index contributed by atoms with van der Waals surface area (Å²) >= 11 is 0. The molecule has 0 unspecified atom stereocenters. The highest BCUT2D eigenvalue weighted by Crippen LogP contribution is 2.23. The molecule has 0 bridgehead atoms. The molecule has 0 aromatic heterocycles. The lowest BCUT2D eigenvalue weighted by molar-refractivity contribution is -0.136. The molecule has 0 fully saturated rings. The predicted molar refractivity (Wildman–Crippen MR) is 52.8 cm³/mol. The van der Waals surface area contributed by atoms with Crippen molar-refractivity contribution in [3.8, 4) is 0 Å². The number of esters is 1. The number of carbonyl (C=O) groups excluding carboxylic acids is 2. The summed E-state index contributed by atoms with van der Waals surface area (Å²) in [4.78, 5) is 22.1. The summed E-state index contributed by atoms with van der Waals surface area (Å²) in [6, 6.07) is 0. The van der Waals surface area contributed by atoms with Crippen LogP contribution in [0.2, 0.25) is 0 Å². The van der Waals surface area contributed by atoms with Crippen molar-refractivity contribution < 1.29 is 14.3 Å². The van der Waals surface area contributed by atoms with E-state index in [1.807, 2.05) is 6.92 Å². The number of carbonyl (C=O) groups is 2. The summed E-state index contributed by atoms with van der Waals surface area (Å²) in [7, 11) is 0. The fourth-order valence-corrected chi connectivity index (χ4v) is 1.55. The van der Waals surface area contributed by atoms with Crippen molar-refractivity contribution in [3.63, 3.8) is 0 Å². The SMILES string of the molecule is CCCC1=C(CCC(C)=O)COC1=O. The Morgan fingerprint density at radius 2 is 2.14 bits per heavy atom. The molecule has 1 rings (SSSR count). The first-order valence-electron chi connectivity index (χ1n) is 5.02. The number of ether oxygens (including phenoxy) is 1. The lowest BCUT2D eigenvalue weighted by atomic mass is 10.0. The molecule has 0 aliphatic carbocycles. The van der Waals surface area contributed by atoms with Gasteiger partial charge in [-0.3, -0.25) is 0 Å². The van der Waals surface area contributed by atoms with Crippen LogP contribution in [-0.2, 0) is 14.3 Å². The number of hydrogen-bond donors (Lipinski definition) is 0. The second-order valence-corrected chi connectivity index (χ2v) is 3.61. The topological polar surface area (TPSA) is 43.4 Å². The van der Waals surface area contributed by atoms with Crippen LogP contribution in [-0.4, -0.2) is 18.4 Å². The van der Waals surface area contributed by atoms with E-state index in [0.717, 1.165) is 24.0 Å². The molecule has 0 aromatic rings. The van der Waals surface area contributed by atoms with Crippen LogP contribution in [0.5, 0.6) is 0 Å². The Morgan fingerprint density at radius 1 is 1.43 bits per heavy atom. The average Bonchev–Trinajstić information content (AvgIpc) is 2.46. The molecule has 0 spiro atoms. The lowest BCUT2D eigenvalue weighted by Gasteiger charge is -2.00. The number of cyclic esters (lactones) is 1. The minimum Gasteiger partial charge on any atom is -0.458 e. The summed E-state index contributed by atoms with van der Waals surface area (Å²) in [6.45, 7) is 3.99. The highest BCUT2D eigenvalue weighted by Gasteiger charge is 2.23. The summed E-state index contributed by atoms with van der Waals surface area (Å²) in [5.74, 6) is -0.0295. The van der Waals surface area contributed by atoms with Gasteiger partial charge in [-0.05, 0) is 25.3 Å². The van der Waals surface area contributed by atoms with E-state index in [1.165, 1.54) is 0 Å². The smallest absolute Gasteiger partial charge is 0.334 e. The van der Waals surface area contributed by atoms with Crippen molar-refractivity contribution in [1.82, 2.24) is 0 Å². The molecule has 1 heterocycles. The van der Waals surface area contributed by atoms with Gasteiger partial charge in [0.05, 0.1) is 0 Å². The van der Waals surface area contributed by atoms with Gasteiger partial charge in [0.15, 0.2) is 0 Å². The Bertz CT molecular complexity index is 276. The van der Waals surface area contributed by atoms with Crippen molar-refractivity contribution in [2.24, 2.45) is 0 Å². The molecule has 1 aliphatic heterocycles. The van der Waals surface area contributed by atoms with Crippen molar-refractivity contribution in [1.29, 1.82) is 0 Å². The van der Waals surface area contributed by atoms with E-state index in [0.29, 0.717) is 19.4 Å². The van der Waals surface area contributed by atoms with E-state index >= 15 is 0 Å². The first-order valence-corrected chi connectivity index (χ1v) is 5.02. The van der Waals surface area contributed by atoms with Crippen molar-refractivity contribution >= 4 is 11.8 Å². The monoisotopic (exact) mass is 196 g/mol. The number of hydrogen-bond acceptors (Lipinski definition) is 3. The maximum Gasteiger partial charge on any atom is 0.334 e. The third kappa shape index (κ3) is 2.69. The summed E-state index contributed by atoms with van der Waals surface area (Å²) in [5.41, 5.74) is 1.82. The van der Waals surface area contributed by atoms with Crippen LogP contribution in [0.4, 0.5) is 0 Å². The van der Waals surface area contributed by atoms with Gasteiger partial charge in [0, 0.05) is 12.0 Å². The summed E-state index contributed by atoms with van der Waals surface area (Å²) in [6.07, 6.45) is 2.90. The molecule has 3 nitrogen and oxygen atoms in total. The van der Waals surface area contributed by atoms with Crippen LogP contribution in [0.3, 0.4) is 0 Å². The van der Waals surface area contributed by atoms with E-state index < -0.39 is 0 Å². The average molecular weight is 196 g/mol. The minimum absolute atomic E-state index is 0.160. The predicted octanol–water partition coefficient (Wildman–Crippen LogP) is 2.01. The van der Waals surface area contributed by atoms with Crippen molar-refractivity contribution in [2.45, 2.75) is 39.5 Å². The molecule has 0 radical (unpaired) electrons. The molecule has 0 N–H and O–H groups in total. The third-order valence-electron chi connectivity index (χ3n) is 2.33. The molecule has 0 saturated carbocycles. The third-order valence-corrected chi connectivity index (χ3v) is 2.33. The van der Waals surface area contributed by atoms with E-state index in [9.17, 15) is 9.59 Å². The molecule has 0 saturated heterocycles. The Labute approximate surface area is 84.1 Å². The van der Waals surface area contributed by atoms with Gasteiger partial charge in [-0.2, -0.15) is 0 Å². The van der Waals surface area contributed by atoms with Gasteiger partial charge in [0.1, 0.15) is 12.4 Å². The Kier molecular flexibility index (Phi) is 3.86. The fourth-order valence-electron chi connectivity index (χ4n) is 1.55. The number of rotatable bonds is 5. The Morgan fingerprint density at radius 3 is 2.71 bits per heavy atom. The van der Waals surface area contributed by atoms with Crippen LogP contribution >= 0.6 is 0 Å². The van der Waals surface area contributed by atoms with E-state index in [2.05, 4.69) is 0 Å². The molecule has 78 valence electrons. The second-order valence-electron chi connectivity index (χ2n) is 3.61. The van der Waals surface area contributed by atoms with Gasteiger partial charge in [-0.15, -0.1) is 0 Å². The van der Waals surface area contributed by atoms with Gasteiger partial charge in [0.2, 0.25) is 0 Å². The van der Waals surface area contributed by atoms with E-state index in [4.69, 9.17) is 4.74 Å². The number of ketones is 1. The lowest BCUT2D eigenvalue weighted by Crippen LogP contribution is -1.98. The maximum atomic E-state index is 11.3. The largest absolute Gasteiger partial charge is 0.458 e. The van der Waals surface area contributed by atoms with Crippen LogP contribution in [0, 0.1) is 0 Å². The quantitative estimate of drug-likeness (QED) is 0.632. The van der Waals surface area contributed by atoms with Gasteiger partial charge in [0.25, 0.3) is 0 Å². The summed E-state index contributed by atoms with van der Waals surface area (Å²) < 4.78 is 4.94. The Balaban J connectivity index is 2.62. The standard InChI is InChI=1S/C11H16O3/c1-3-4-10-9(6-5-8(2)12)7-14-11(10)13/h3-7H2,1-2H3. The molecule has 1 aliphatic rings. The molecular weight excluding hydrogens is 180 g/mol. The van der Waals surface area contributed by atoms with Crippen LogP contribution < -0.4 is 0 Å². The van der Waals surface area contributed by atoms with E-state index in [1.54, 1.807) is 6.92 Å². The van der Waals surface area contributed by atoms with Gasteiger partial charge in [-0.1, -0.05) is 13.3 Å². The zero-order chi connectivity index (χ0) is 10.6. The normalized spacial score (nSPS) is 16.0. The van der Waals surface area contributed by atoms with Crippen molar-refractivity contribution in [2.75, 3.05) is 6.61 Å². The summed E-state index contributed by atoms with van der Waals surface area (Å²) in [5, 5.41) is 0. The fraction of sp³-hybridized carbons (Fsp3) is 0.636.